The van der Waals surface area contributed by atoms with Crippen molar-refractivity contribution >= 4 is 24.0 Å². The number of aryl methyl sites for hydroxylation is 1. The quantitative estimate of drug-likeness (QED) is 0.539. The number of hydrogen-bond donors (Lipinski definition) is 3. The van der Waals surface area contributed by atoms with Gasteiger partial charge in [-0.2, -0.15) is 0 Å². The fourth-order valence-corrected chi connectivity index (χ4v) is 3.28. The van der Waals surface area contributed by atoms with Crippen LogP contribution >= 0.6 is 12.4 Å². The van der Waals surface area contributed by atoms with E-state index in [0.717, 1.165) is 24.2 Å². The maximum Gasteiger partial charge on any atom is 0.243 e. The highest BCUT2D eigenvalue weighted by Crippen LogP contribution is 2.37. The first-order valence-electron chi connectivity index (χ1n) is 9.78. The molecule has 4 rings (SSSR count). The van der Waals surface area contributed by atoms with Gasteiger partial charge in [0.15, 0.2) is 0 Å². The molecule has 162 valence electrons. The van der Waals surface area contributed by atoms with Crippen LogP contribution in [0.4, 0.5) is 5.69 Å². The van der Waals surface area contributed by atoms with E-state index < -0.39 is 18.6 Å². The Morgan fingerprint density at radius 1 is 1.23 bits per heavy atom. The molecule has 0 saturated carbocycles. The van der Waals surface area contributed by atoms with Crippen LogP contribution in [-0.2, 0) is 11.2 Å². The summed E-state index contributed by atoms with van der Waals surface area (Å²) in [7, 11) is 0. The number of carbonyl (C=O) groups excluding carboxylic acids is 1. The van der Waals surface area contributed by atoms with Crippen LogP contribution in [0.5, 0.6) is 17.4 Å². The summed E-state index contributed by atoms with van der Waals surface area (Å²) in [6.45, 7) is -0.422. The molecule has 1 aromatic heterocycles. The van der Waals surface area contributed by atoms with E-state index in [1.807, 2.05) is 36.4 Å². The first-order valence-corrected chi connectivity index (χ1v) is 9.78. The van der Waals surface area contributed by atoms with E-state index >= 15 is 0 Å². The van der Waals surface area contributed by atoms with E-state index in [4.69, 9.17) is 20.3 Å². The van der Waals surface area contributed by atoms with Crippen LogP contribution in [0.15, 0.2) is 66.9 Å². The Hall–Kier alpha value is -3.13. The summed E-state index contributed by atoms with van der Waals surface area (Å²) >= 11 is 0. The standard InChI is InChI=1S/C23H23N3O4.ClH/c24-19(14-27)23(28)26-17-7-11-22(25-13-17)29-18-8-10-21-16(12-18)6-9-20(30-21)15-4-2-1-3-5-15;/h1-5,7-8,10-13,19-20,27H,6,9,14,24H2,(H,26,28);1H/t19?,20-;/m0./s1. The zero-order valence-electron chi connectivity index (χ0n) is 16.7. The van der Waals surface area contributed by atoms with Crippen molar-refractivity contribution in [3.8, 4) is 17.4 Å². The first kappa shape index (κ1) is 22.6. The van der Waals surface area contributed by atoms with Gasteiger partial charge in [0.25, 0.3) is 0 Å². The summed E-state index contributed by atoms with van der Waals surface area (Å²) in [5.41, 5.74) is 8.23. The molecule has 2 atom stereocenters. The average molecular weight is 442 g/mol. The molecule has 2 heterocycles. The number of benzene rings is 2. The molecule has 31 heavy (non-hydrogen) atoms. The highest BCUT2D eigenvalue weighted by atomic mass is 35.5. The van der Waals surface area contributed by atoms with Crippen LogP contribution in [0.3, 0.4) is 0 Å². The molecule has 0 radical (unpaired) electrons. The van der Waals surface area contributed by atoms with Crippen molar-refractivity contribution in [1.82, 2.24) is 4.98 Å². The topological polar surface area (TPSA) is 107 Å². The number of aliphatic hydroxyl groups excluding tert-OH is 1. The van der Waals surface area contributed by atoms with Gasteiger partial charge in [-0.05, 0) is 48.2 Å². The molecular weight excluding hydrogens is 418 g/mol. The fourth-order valence-electron chi connectivity index (χ4n) is 3.28. The number of pyridine rings is 1. The van der Waals surface area contributed by atoms with Gasteiger partial charge in [0.05, 0.1) is 18.5 Å². The average Bonchev–Trinajstić information content (AvgIpc) is 2.80. The van der Waals surface area contributed by atoms with Gasteiger partial charge in [-0.3, -0.25) is 4.79 Å². The van der Waals surface area contributed by atoms with Gasteiger partial charge in [-0.25, -0.2) is 4.98 Å². The van der Waals surface area contributed by atoms with Crippen molar-refractivity contribution < 1.29 is 19.4 Å². The van der Waals surface area contributed by atoms with Crippen LogP contribution in [0.25, 0.3) is 0 Å². The third-order valence-electron chi connectivity index (χ3n) is 4.91. The van der Waals surface area contributed by atoms with Crippen molar-refractivity contribution in [1.29, 1.82) is 0 Å². The Kier molecular flexibility index (Phi) is 7.46. The van der Waals surface area contributed by atoms with Crippen molar-refractivity contribution in [2.75, 3.05) is 11.9 Å². The lowest BCUT2D eigenvalue weighted by molar-refractivity contribution is -0.118. The van der Waals surface area contributed by atoms with Gasteiger partial charge >= 0.3 is 0 Å². The number of amides is 1. The third-order valence-corrected chi connectivity index (χ3v) is 4.91. The molecule has 0 fully saturated rings. The number of ether oxygens (including phenoxy) is 2. The number of halogens is 1. The SMILES string of the molecule is Cl.NC(CO)C(=O)Nc1ccc(Oc2ccc3c(c2)CC[C@@H](c2ccccc2)O3)nc1. The maximum atomic E-state index is 11.7. The van der Waals surface area contributed by atoms with Gasteiger partial charge in [-0.15, -0.1) is 12.4 Å². The Balaban J connectivity index is 0.00000272. The van der Waals surface area contributed by atoms with Crippen molar-refractivity contribution in [3.63, 3.8) is 0 Å². The summed E-state index contributed by atoms with van der Waals surface area (Å²) < 4.78 is 12.0. The predicted molar refractivity (Wildman–Crippen MR) is 120 cm³/mol. The zero-order valence-corrected chi connectivity index (χ0v) is 17.5. The Morgan fingerprint density at radius 2 is 2.03 bits per heavy atom. The van der Waals surface area contributed by atoms with Crippen molar-refractivity contribution in [3.05, 3.63) is 78.0 Å². The number of rotatable bonds is 6. The molecule has 0 saturated heterocycles. The molecule has 1 aliphatic rings. The molecule has 4 N–H and O–H groups in total. The molecule has 1 amide bonds. The second-order valence-corrected chi connectivity index (χ2v) is 7.09. The molecule has 0 aliphatic carbocycles. The molecule has 7 nitrogen and oxygen atoms in total. The summed E-state index contributed by atoms with van der Waals surface area (Å²) in [4.78, 5) is 15.9. The van der Waals surface area contributed by atoms with Crippen molar-refractivity contribution in [2.24, 2.45) is 5.73 Å². The summed E-state index contributed by atoms with van der Waals surface area (Å²) in [6.07, 6.45) is 3.34. The van der Waals surface area contributed by atoms with Gasteiger partial charge in [0.1, 0.15) is 23.6 Å². The Morgan fingerprint density at radius 3 is 2.74 bits per heavy atom. The number of fused-ring (bicyclic) bond motifs is 1. The fraction of sp³-hybridized carbons (Fsp3) is 0.217. The Labute approximate surface area is 186 Å². The molecule has 2 aromatic carbocycles. The van der Waals surface area contributed by atoms with E-state index in [1.165, 1.54) is 11.8 Å². The van der Waals surface area contributed by atoms with E-state index in [-0.39, 0.29) is 18.5 Å². The monoisotopic (exact) mass is 441 g/mol. The largest absolute Gasteiger partial charge is 0.485 e. The first-order chi connectivity index (χ1) is 14.6. The van der Waals surface area contributed by atoms with E-state index in [9.17, 15) is 4.79 Å². The molecule has 3 aromatic rings. The lowest BCUT2D eigenvalue weighted by Gasteiger charge is -2.26. The number of carbonyl (C=O) groups is 1. The molecule has 0 spiro atoms. The molecular formula is C23H24ClN3O4. The zero-order chi connectivity index (χ0) is 20.9. The van der Waals surface area contributed by atoms with Crippen LogP contribution < -0.4 is 20.5 Å². The smallest absolute Gasteiger partial charge is 0.243 e. The van der Waals surface area contributed by atoms with Crippen molar-refractivity contribution in [2.45, 2.75) is 25.0 Å². The van der Waals surface area contributed by atoms with Crippen LogP contribution in [0, 0.1) is 0 Å². The van der Waals surface area contributed by atoms with Gasteiger partial charge in [-0.1, -0.05) is 30.3 Å². The van der Waals surface area contributed by atoms with Gasteiger partial charge in [0, 0.05) is 6.07 Å². The molecule has 1 unspecified atom stereocenters. The van der Waals surface area contributed by atoms with E-state index in [0.29, 0.717) is 17.3 Å². The lowest BCUT2D eigenvalue weighted by atomic mass is 9.97. The number of aromatic nitrogens is 1. The minimum absolute atomic E-state index is 0. The Bertz CT molecular complexity index is 1020. The number of aliphatic hydroxyl groups is 1. The second-order valence-electron chi connectivity index (χ2n) is 7.09. The number of anilines is 1. The van der Waals surface area contributed by atoms with E-state index in [2.05, 4.69) is 22.4 Å². The van der Waals surface area contributed by atoms with Gasteiger partial charge < -0.3 is 25.6 Å². The second kappa shape index (κ2) is 10.3. The van der Waals surface area contributed by atoms with E-state index in [1.54, 1.807) is 12.1 Å². The molecule has 1 aliphatic heterocycles. The highest BCUT2D eigenvalue weighted by molar-refractivity contribution is 5.94. The van der Waals surface area contributed by atoms with Crippen LogP contribution in [0.1, 0.15) is 23.7 Å². The van der Waals surface area contributed by atoms with Crippen LogP contribution in [-0.4, -0.2) is 28.6 Å². The third kappa shape index (κ3) is 5.52. The number of hydrogen-bond acceptors (Lipinski definition) is 6. The lowest BCUT2D eigenvalue weighted by Crippen LogP contribution is -2.38. The van der Waals surface area contributed by atoms with Crippen LogP contribution in [0.2, 0.25) is 0 Å². The van der Waals surface area contributed by atoms with Gasteiger partial charge in [0.2, 0.25) is 11.8 Å². The maximum absolute atomic E-state index is 11.7. The minimum Gasteiger partial charge on any atom is -0.485 e. The molecule has 8 heteroatoms. The highest BCUT2D eigenvalue weighted by Gasteiger charge is 2.21. The normalized spacial score (nSPS) is 15.6. The number of nitrogens with one attached hydrogen (secondary N) is 1. The predicted octanol–water partition coefficient (Wildman–Crippen LogP) is 3.62. The minimum atomic E-state index is -0.972. The number of nitrogens with two attached hydrogens (primary N) is 1. The number of nitrogens with zero attached hydrogens (tertiary/aromatic N) is 1. The summed E-state index contributed by atoms with van der Waals surface area (Å²) in [6, 6.07) is 18.3. The summed E-state index contributed by atoms with van der Waals surface area (Å²) in [5.74, 6) is 1.46. The molecule has 0 bridgehead atoms. The summed E-state index contributed by atoms with van der Waals surface area (Å²) in [5, 5.41) is 11.5.